The number of halogens is 2. The smallest absolute Gasteiger partial charge is 0.282 e. The number of carbonyl (C=O) groups excluding carboxylic acids is 2. The average Bonchev–Trinajstić information content (AvgIpc) is 3.41. The standard InChI is InChI=1S/C23H29F2N5O4S2/c1-4-7-26-17-9-15(20(24)25)16(10-27-17)19-18(22(31)30-8-5-6-13(30)2)28-21(35-19)23(32)29-11-14(12-29)36(3,33)34/h9-10,13-14,20H,4-8,11-12H2,1-3H3,(H,26,27). The topological polar surface area (TPSA) is 113 Å². The summed E-state index contributed by atoms with van der Waals surface area (Å²) in [4.78, 5) is 38.3. The molecule has 0 spiro atoms. The number of rotatable bonds is 8. The number of alkyl halides is 2. The Morgan fingerprint density at radius 3 is 2.58 bits per heavy atom. The summed E-state index contributed by atoms with van der Waals surface area (Å²) >= 11 is 0.858. The molecule has 36 heavy (non-hydrogen) atoms. The molecule has 1 atom stereocenters. The van der Waals surface area contributed by atoms with Gasteiger partial charge in [-0.2, -0.15) is 0 Å². The predicted octanol–water partition coefficient (Wildman–Crippen LogP) is 3.46. The monoisotopic (exact) mass is 541 g/mol. The van der Waals surface area contributed by atoms with Crippen molar-refractivity contribution in [2.75, 3.05) is 37.8 Å². The fraction of sp³-hybridized carbons (Fsp3) is 0.565. The lowest BCUT2D eigenvalue weighted by Gasteiger charge is -2.37. The van der Waals surface area contributed by atoms with Gasteiger partial charge < -0.3 is 15.1 Å². The van der Waals surface area contributed by atoms with Gasteiger partial charge >= 0.3 is 0 Å². The molecule has 196 valence electrons. The first kappa shape index (κ1) is 26.4. The molecule has 2 amide bonds. The van der Waals surface area contributed by atoms with Crippen LogP contribution in [0.1, 0.15) is 65.4 Å². The molecule has 4 rings (SSSR count). The second-order valence-corrected chi connectivity index (χ2v) is 12.6. The Labute approximate surface area is 212 Å². The van der Waals surface area contributed by atoms with Crippen LogP contribution < -0.4 is 5.32 Å². The maximum atomic E-state index is 14.1. The van der Waals surface area contributed by atoms with Crippen molar-refractivity contribution in [1.29, 1.82) is 0 Å². The molecule has 9 nitrogen and oxygen atoms in total. The Hall–Kier alpha value is -2.67. The van der Waals surface area contributed by atoms with Gasteiger partial charge in [0.1, 0.15) is 11.5 Å². The third kappa shape index (κ3) is 5.22. The number of sulfone groups is 1. The first-order valence-electron chi connectivity index (χ1n) is 11.8. The number of hydrogen-bond donors (Lipinski definition) is 1. The summed E-state index contributed by atoms with van der Waals surface area (Å²) in [6.45, 7) is 4.99. The number of nitrogens with zero attached hydrogens (tertiary/aromatic N) is 4. The van der Waals surface area contributed by atoms with E-state index in [4.69, 9.17) is 0 Å². The van der Waals surface area contributed by atoms with Crippen LogP contribution in [0.4, 0.5) is 14.6 Å². The summed E-state index contributed by atoms with van der Waals surface area (Å²) in [5.74, 6) is -0.649. The highest BCUT2D eigenvalue weighted by atomic mass is 32.2. The van der Waals surface area contributed by atoms with E-state index >= 15 is 0 Å². The molecule has 0 saturated carbocycles. The third-order valence-corrected chi connectivity index (χ3v) is 9.12. The Balaban J connectivity index is 1.74. The molecule has 0 bridgehead atoms. The molecule has 2 aromatic rings. The quantitative estimate of drug-likeness (QED) is 0.545. The van der Waals surface area contributed by atoms with Crippen molar-refractivity contribution < 1.29 is 26.8 Å². The van der Waals surface area contributed by atoms with Crippen LogP contribution in [0, 0.1) is 0 Å². The van der Waals surface area contributed by atoms with E-state index in [-0.39, 0.29) is 45.8 Å². The summed E-state index contributed by atoms with van der Waals surface area (Å²) in [5, 5.41) is 2.30. The number of thiazole rings is 1. The van der Waals surface area contributed by atoms with E-state index in [2.05, 4.69) is 15.3 Å². The maximum absolute atomic E-state index is 14.1. The number of aromatic nitrogens is 2. The highest BCUT2D eigenvalue weighted by Crippen LogP contribution is 2.39. The fourth-order valence-electron chi connectivity index (χ4n) is 4.31. The normalized spacial score (nSPS) is 18.6. The highest BCUT2D eigenvalue weighted by molar-refractivity contribution is 7.91. The van der Waals surface area contributed by atoms with Gasteiger partial charge in [-0.15, -0.1) is 11.3 Å². The number of hydrogen-bond acceptors (Lipinski definition) is 8. The largest absolute Gasteiger partial charge is 0.370 e. The van der Waals surface area contributed by atoms with Crippen LogP contribution in [0.2, 0.25) is 0 Å². The lowest BCUT2D eigenvalue weighted by Crippen LogP contribution is -2.56. The first-order chi connectivity index (χ1) is 17.0. The molecule has 1 unspecified atom stereocenters. The van der Waals surface area contributed by atoms with E-state index in [1.54, 1.807) is 4.90 Å². The Morgan fingerprint density at radius 1 is 1.28 bits per heavy atom. The van der Waals surface area contributed by atoms with Gasteiger partial charge in [0.05, 0.1) is 10.1 Å². The van der Waals surface area contributed by atoms with Gasteiger partial charge in [-0.25, -0.2) is 27.2 Å². The molecule has 4 heterocycles. The Bertz CT molecular complexity index is 1260. The van der Waals surface area contributed by atoms with Crippen LogP contribution in [-0.2, 0) is 9.84 Å². The van der Waals surface area contributed by atoms with Crippen molar-refractivity contribution >= 4 is 38.8 Å². The maximum Gasteiger partial charge on any atom is 0.282 e. The van der Waals surface area contributed by atoms with Crippen LogP contribution in [-0.4, -0.2) is 83.7 Å². The minimum Gasteiger partial charge on any atom is -0.370 e. The summed E-state index contributed by atoms with van der Waals surface area (Å²) in [5.41, 5.74) is -0.317. The SMILES string of the molecule is CCCNc1cc(C(F)F)c(-c2sc(C(=O)N3CC(S(C)(=O)=O)C3)nc2C(=O)N2CCCC2C)cn1. The zero-order chi connectivity index (χ0) is 26.2. The molecule has 2 aliphatic rings. The number of anilines is 1. The summed E-state index contributed by atoms with van der Waals surface area (Å²) in [6, 6.07) is 1.22. The van der Waals surface area contributed by atoms with Gasteiger partial charge in [0, 0.05) is 55.8 Å². The molecule has 13 heteroatoms. The third-order valence-electron chi connectivity index (χ3n) is 6.54. The number of likely N-dealkylation sites (tertiary alicyclic amines) is 2. The lowest BCUT2D eigenvalue weighted by atomic mass is 10.1. The molecule has 2 saturated heterocycles. The van der Waals surface area contributed by atoms with Crippen molar-refractivity contribution in [3.05, 3.63) is 28.5 Å². The van der Waals surface area contributed by atoms with E-state index in [9.17, 15) is 26.8 Å². The van der Waals surface area contributed by atoms with Gasteiger partial charge in [-0.05, 0) is 32.3 Å². The zero-order valence-electron chi connectivity index (χ0n) is 20.3. The van der Waals surface area contributed by atoms with E-state index in [1.165, 1.54) is 17.2 Å². The average molecular weight is 542 g/mol. The van der Waals surface area contributed by atoms with Crippen molar-refractivity contribution in [2.24, 2.45) is 0 Å². The summed E-state index contributed by atoms with van der Waals surface area (Å²) in [7, 11) is -3.29. The van der Waals surface area contributed by atoms with Crippen LogP contribution in [0.15, 0.2) is 12.3 Å². The number of carbonyl (C=O) groups is 2. The molecule has 2 aliphatic heterocycles. The summed E-state index contributed by atoms with van der Waals surface area (Å²) in [6.07, 6.45) is 1.99. The molecule has 0 aliphatic carbocycles. The van der Waals surface area contributed by atoms with E-state index in [1.807, 2.05) is 13.8 Å². The van der Waals surface area contributed by atoms with Gasteiger partial charge in [0.25, 0.3) is 18.2 Å². The molecule has 0 aromatic carbocycles. The molecule has 1 N–H and O–H groups in total. The number of nitrogens with one attached hydrogen (secondary N) is 1. The van der Waals surface area contributed by atoms with Crippen LogP contribution in [0.5, 0.6) is 0 Å². The van der Waals surface area contributed by atoms with E-state index < -0.39 is 33.3 Å². The molecule has 2 fully saturated rings. The fourth-order valence-corrected chi connectivity index (χ4v) is 6.27. The van der Waals surface area contributed by atoms with E-state index in [0.717, 1.165) is 36.9 Å². The summed E-state index contributed by atoms with van der Waals surface area (Å²) < 4.78 is 51.7. The minimum absolute atomic E-state index is 0.0284. The Morgan fingerprint density at radius 2 is 2.00 bits per heavy atom. The van der Waals surface area contributed by atoms with Gasteiger partial charge in [0.15, 0.2) is 14.8 Å². The van der Waals surface area contributed by atoms with Crippen molar-refractivity contribution in [2.45, 2.75) is 50.8 Å². The van der Waals surface area contributed by atoms with Crippen molar-refractivity contribution in [1.82, 2.24) is 19.8 Å². The van der Waals surface area contributed by atoms with Crippen LogP contribution in [0.3, 0.4) is 0 Å². The molecule has 2 aromatic heterocycles. The van der Waals surface area contributed by atoms with Gasteiger partial charge in [0.2, 0.25) is 0 Å². The van der Waals surface area contributed by atoms with Crippen molar-refractivity contribution in [3.63, 3.8) is 0 Å². The molecular formula is C23H29F2N5O4S2. The Kier molecular flexibility index (Phi) is 7.60. The zero-order valence-corrected chi connectivity index (χ0v) is 22.0. The number of amides is 2. The molecule has 0 radical (unpaired) electrons. The minimum atomic E-state index is -3.29. The molecular weight excluding hydrogens is 512 g/mol. The highest BCUT2D eigenvalue weighted by Gasteiger charge is 2.40. The predicted molar refractivity (Wildman–Crippen MR) is 133 cm³/mol. The number of pyridine rings is 1. The lowest BCUT2D eigenvalue weighted by molar-refractivity contribution is 0.0658. The second-order valence-electron chi connectivity index (χ2n) is 9.23. The van der Waals surface area contributed by atoms with Gasteiger partial charge in [-0.3, -0.25) is 9.59 Å². The first-order valence-corrected chi connectivity index (χ1v) is 14.6. The van der Waals surface area contributed by atoms with Crippen LogP contribution >= 0.6 is 11.3 Å². The van der Waals surface area contributed by atoms with Gasteiger partial charge in [-0.1, -0.05) is 6.92 Å². The second kappa shape index (κ2) is 10.4. The van der Waals surface area contributed by atoms with Crippen molar-refractivity contribution in [3.8, 4) is 10.4 Å². The van der Waals surface area contributed by atoms with Crippen LogP contribution in [0.25, 0.3) is 10.4 Å². The van der Waals surface area contributed by atoms with E-state index in [0.29, 0.717) is 18.9 Å².